The molecule has 2 atom stereocenters. The van der Waals surface area contributed by atoms with Crippen LogP contribution in [0.15, 0.2) is 28.7 Å². The number of thiazole rings is 1. The predicted molar refractivity (Wildman–Crippen MR) is 82.5 cm³/mol. The van der Waals surface area contributed by atoms with E-state index in [1.165, 1.54) is 34.0 Å². The largest absolute Gasteiger partial charge is 0.295 e. The minimum atomic E-state index is 0.621. The lowest BCUT2D eigenvalue weighted by Crippen LogP contribution is -2.33. The van der Waals surface area contributed by atoms with E-state index in [4.69, 9.17) is 4.98 Å². The van der Waals surface area contributed by atoms with Crippen molar-refractivity contribution in [3.63, 3.8) is 0 Å². The molecule has 0 N–H and O–H groups in total. The van der Waals surface area contributed by atoms with E-state index in [1.807, 2.05) is 11.3 Å². The Morgan fingerprint density at radius 1 is 1.26 bits per heavy atom. The number of rotatable bonds is 1. The second-order valence-electron chi connectivity index (χ2n) is 5.45. The summed E-state index contributed by atoms with van der Waals surface area (Å²) in [5, 5.41) is 1.18. The molecule has 0 saturated carbocycles. The zero-order valence-corrected chi connectivity index (χ0v) is 13.2. The third-order valence-electron chi connectivity index (χ3n) is 4.39. The molecular formula is C15H15BrN2S. The fourth-order valence-electron chi connectivity index (χ4n) is 3.28. The SMILES string of the molecule is CN1C2CCC1c1sc(-c3ccc(Br)cc3)nc1C2. The minimum Gasteiger partial charge on any atom is -0.295 e. The Kier molecular flexibility index (Phi) is 2.79. The van der Waals surface area contributed by atoms with E-state index in [9.17, 15) is 0 Å². The van der Waals surface area contributed by atoms with Crippen molar-refractivity contribution < 1.29 is 0 Å². The first kappa shape index (κ1) is 12.1. The van der Waals surface area contributed by atoms with Crippen LogP contribution in [0.4, 0.5) is 0 Å². The van der Waals surface area contributed by atoms with E-state index < -0.39 is 0 Å². The van der Waals surface area contributed by atoms with Crippen LogP contribution < -0.4 is 0 Å². The first-order valence-corrected chi connectivity index (χ1v) is 8.31. The number of fused-ring (bicyclic) bond motifs is 4. The first-order chi connectivity index (χ1) is 9.22. The highest BCUT2D eigenvalue weighted by Crippen LogP contribution is 2.46. The number of hydrogen-bond acceptors (Lipinski definition) is 3. The Bertz CT molecular complexity index is 620. The van der Waals surface area contributed by atoms with Gasteiger partial charge in [-0.1, -0.05) is 28.1 Å². The Morgan fingerprint density at radius 2 is 2.05 bits per heavy atom. The molecule has 0 amide bonds. The summed E-state index contributed by atoms with van der Waals surface area (Å²) >= 11 is 5.38. The molecule has 1 fully saturated rings. The molecule has 0 spiro atoms. The normalized spacial score (nSPS) is 25.6. The van der Waals surface area contributed by atoms with Crippen LogP contribution in [0.1, 0.15) is 29.5 Å². The van der Waals surface area contributed by atoms with E-state index in [-0.39, 0.29) is 0 Å². The molecular weight excluding hydrogens is 320 g/mol. The van der Waals surface area contributed by atoms with Gasteiger partial charge in [-0.3, -0.25) is 4.90 Å². The van der Waals surface area contributed by atoms with Gasteiger partial charge in [0.25, 0.3) is 0 Å². The molecule has 98 valence electrons. The molecule has 3 heterocycles. The third-order valence-corrected chi connectivity index (χ3v) is 6.17. The molecule has 1 aromatic carbocycles. The molecule has 2 nitrogen and oxygen atoms in total. The highest BCUT2D eigenvalue weighted by molar-refractivity contribution is 9.10. The van der Waals surface area contributed by atoms with Crippen molar-refractivity contribution in [3.05, 3.63) is 39.3 Å². The van der Waals surface area contributed by atoms with Crippen LogP contribution in [0.5, 0.6) is 0 Å². The molecule has 2 unspecified atom stereocenters. The summed E-state index contributed by atoms with van der Waals surface area (Å²) in [4.78, 5) is 8.96. The number of halogens is 1. The number of nitrogens with zero attached hydrogens (tertiary/aromatic N) is 2. The predicted octanol–water partition coefficient (Wildman–Crippen LogP) is 4.26. The van der Waals surface area contributed by atoms with Crippen molar-refractivity contribution >= 4 is 27.3 Å². The topological polar surface area (TPSA) is 16.1 Å². The maximum Gasteiger partial charge on any atom is 0.123 e. The zero-order valence-electron chi connectivity index (χ0n) is 10.8. The van der Waals surface area contributed by atoms with Gasteiger partial charge in [-0.15, -0.1) is 11.3 Å². The van der Waals surface area contributed by atoms with Crippen LogP contribution in [0.3, 0.4) is 0 Å². The second kappa shape index (κ2) is 4.40. The van der Waals surface area contributed by atoms with Crippen molar-refractivity contribution in [2.24, 2.45) is 0 Å². The van der Waals surface area contributed by atoms with E-state index in [2.05, 4.69) is 52.1 Å². The molecule has 1 aromatic heterocycles. The summed E-state index contributed by atoms with van der Waals surface area (Å²) in [5.41, 5.74) is 2.59. The highest BCUT2D eigenvalue weighted by Gasteiger charge is 2.39. The summed E-state index contributed by atoms with van der Waals surface area (Å²) in [6, 6.07) is 9.82. The smallest absolute Gasteiger partial charge is 0.123 e. The molecule has 2 aliphatic heterocycles. The third kappa shape index (κ3) is 1.89. The van der Waals surface area contributed by atoms with Gasteiger partial charge in [0.15, 0.2) is 0 Å². The van der Waals surface area contributed by atoms with Gasteiger partial charge in [0.05, 0.1) is 5.69 Å². The molecule has 4 heteroatoms. The van der Waals surface area contributed by atoms with Crippen molar-refractivity contribution in [3.8, 4) is 10.6 Å². The summed E-state index contributed by atoms with van der Waals surface area (Å²) in [6.45, 7) is 0. The van der Waals surface area contributed by atoms with Crippen LogP contribution in [-0.4, -0.2) is 23.0 Å². The molecule has 0 radical (unpaired) electrons. The Hall–Kier alpha value is -0.710. The lowest BCUT2D eigenvalue weighted by molar-refractivity contribution is 0.226. The van der Waals surface area contributed by atoms with E-state index in [1.54, 1.807) is 0 Å². The first-order valence-electron chi connectivity index (χ1n) is 6.70. The fourth-order valence-corrected chi connectivity index (χ4v) is 4.83. The summed E-state index contributed by atoms with van der Waals surface area (Å²) < 4.78 is 1.12. The summed E-state index contributed by atoms with van der Waals surface area (Å²) in [5.74, 6) is 0. The number of benzene rings is 1. The van der Waals surface area contributed by atoms with Crippen LogP contribution in [0.25, 0.3) is 10.6 Å². The van der Waals surface area contributed by atoms with Crippen molar-refractivity contribution in [1.29, 1.82) is 0 Å². The summed E-state index contributed by atoms with van der Waals surface area (Å²) in [7, 11) is 2.27. The molecule has 1 saturated heterocycles. The van der Waals surface area contributed by atoms with E-state index in [0.29, 0.717) is 6.04 Å². The Labute approximate surface area is 125 Å². The average Bonchev–Trinajstić information content (AvgIpc) is 2.92. The zero-order chi connectivity index (χ0) is 13.0. The van der Waals surface area contributed by atoms with Gasteiger partial charge in [0, 0.05) is 33.4 Å². The Morgan fingerprint density at radius 3 is 2.84 bits per heavy atom. The van der Waals surface area contributed by atoms with E-state index in [0.717, 1.165) is 16.9 Å². The van der Waals surface area contributed by atoms with Crippen molar-refractivity contribution in [2.45, 2.75) is 31.3 Å². The van der Waals surface area contributed by atoms with Crippen molar-refractivity contribution in [1.82, 2.24) is 9.88 Å². The maximum atomic E-state index is 4.90. The van der Waals surface area contributed by atoms with Crippen LogP contribution >= 0.6 is 27.3 Å². The van der Waals surface area contributed by atoms with Gasteiger partial charge in [-0.05, 0) is 32.0 Å². The number of likely N-dealkylation sites (N-methyl/N-ethyl adjacent to an activating group) is 1. The molecule has 0 aliphatic carbocycles. The Balaban J connectivity index is 1.76. The fraction of sp³-hybridized carbons (Fsp3) is 0.400. The minimum absolute atomic E-state index is 0.621. The van der Waals surface area contributed by atoms with Gasteiger partial charge >= 0.3 is 0 Å². The molecule has 2 aromatic rings. The maximum absolute atomic E-state index is 4.90. The van der Waals surface area contributed by atoms with Gasteiger partial charge in [0.2, 0.25) is 0 Å². The molecule has 2 bridgehead atoms. The van der Waals surface area contributed by atoms with Gasteiger partial charge in [0.1, 0.15) is 5.01 Å². The van der Waals surface area contributed by atoms with E-state index >= 15 is 0 Å². The lowest BCUT2D eigenvalue weighted by Gasteiger charge is -2.29. The molecule has 4 rings (SSSR count). The van der Waals surface area contributed by atoms with Crippen LogP contribution in [0.2, 0.25) is 0 Å². The monoisotopic (exact) mass is 334 g/mol. The van der Waals surface area contributed by atoms with Gasteiger partial charge in [-0.2, -0.15) is 0 Å². The van der Waals surface area contributed by atoms with Crippen LogP contribution in [-0.2, 0) is 6.42 Å². The van der Waals surface area contributed by atoms with Gasteiger partial charge < -0.3 is 0 Å². The quantitative estimate of drug-likeness (QED) is 0.774. The number of aromatic nitrogens is 1. The van der Waals surface area contributed by atoms with Crippen LogP contribution in [0, 0.1) is 0 Å². The highest BCUT2D eigenvalue weighted by atomic mass is 79.9. The lowest BCUT2D eigenvalue weighted by atomic mass is 10.1. The molecule has 2 aliphatic rings. The average molecular weight is 335 g/mol. The molecule has 19 heavy (non-hydrogen) atoms. The van der Waals surface area contributed by atoms with Crippen molar-refractivity contribution in [2.75, 3.05) is 7.05 Å². The standard InChI is InChI=1S/C15H15BrN2S/c1-18-11-6-7-13(18)14-12(8-11)17-15(19-14)9-2-4-10(16)5-3-9/h2-5,11,13H,6-8H2,1H3. The van der Waals surface area contributed by atoms with Gasteiger partial charge in [-0.25, -0.2) is 4.98 Å². The summed E-state index contributed by atoms with van der Waals surface area (Å²) in [6.07, 6.45) is 3.77. The second-order valence-corrected chi connectivity index (χ2v) is 7.40. The number of hydrogen-bond donors (Lipinski definition) is 0.